The summed E-state index contributed by atoms with van der Waals surface area (Å²) in [6.07, 6.45) is 0. The van der Waals surface area contributed by atoms with E-state index in [1.54, 1.807) is 0 Å². The highest BCUT2D eigenvalue weighted by atomic mass is 16.5. The first-order valence-electron chi connectivity index (χ1n) is 16.6. The van der Waals surface area contributed by atoms with Crippen LogP contribution in [0.1, 0.15) is 11.1 Å². The van der Waals surface area contributed by atoms with Gasteiger partial charge in [-0.25, -0.2) is 0 Å². The van der Waals surface area contributed by atoms with Crippen molar-refractivity contribution in [3.63, 3.8) is 0 Å². The minimum absolute atomic E-state index is 0.695. The predicted molar refractivity (Wildman–Crippen MR) is 189 cm³/mol. The van der Waals surface area contributed by atoms with Gasteiger partial charge in [0.25, 0.3) is 0 Å². The fraction of sp³-hybridized carbons (Fsp3) is 0.0233. The van der Waals surface area contributed by atoms with Gasteiger partial charge in [-0.05, 0) is 71.4 Å². The Morgan fingerprint density at radius 3 is 1.71 bits per heavy atom. The highest BCUT2D eigenvalue weighted by Crippen LogP contribution is 2.59. The average molecular weight is 611 g/mol. The number of nitrogens with zero attached hydrogens (tertiary/aromatic N) is 4. The van der Waals surface area contributed by atoms with Crippen molar-refractivity contribution in [2.75, 3.05) is 0 Å². The molecule has 1 atom stereocenters. The molecule has 0 radical (unpaired) electrons. The van der Waals surface area contributed by atoms with Crippen LogP contribution in [0.3, 0.4) is 0 Å². The molecule has 0 bridgehead atoms. The van der Waals surface area contributed by atoms with Crippen molar-refractivity contribution < 1.29 is 13.9 Å². The molecule has 14 rings (SSSR count). The van der Waals surface area contributed by atoms with Gasteiger partial charge in [0.2, 0.25) is 0 Å². The van der Waals surface area contributed by atoms with E-state index in [-0.39, 0.29) is 0 Å². The maximum absolute atomic E-state index is 7.04. The van der Waals surface area contributed by atoms with Crippen molar-refractivity contribution in [3.05, 3.63) is 145 Å². The van der Waals surface area contributed by atoms with Crippen LogP contribution >= 0.6 is 0 Å². The molecule has 4 aromatic heterocycles. The summed E-state index contributed by atoms with van der Waals surface area (Å²) in [6, 6.07) is 49.2. The van der Waals surface area contributed by atoms with Crippen LogP contribution < -0.4 is 13.9 Å². The smallest absolute Gasteiger partial charge is 0.316 e. The van der Waals surface area contributed by atoms with Crippen LogP contribution in [0.25, 0.3) is 87.5 Å². The molecule has 7 aromatic carbocycles. The lowest BCUT2D eigenvalue weighted by Gasteiger charge is -2.31. The summed E-state index contributed by atoms with van der Waals surface area (Å²) in [5, 5.41) is 10.1. The molecule has 5 nitrogen and oxygen atoms in total. The Morgan fingerprint density at radius 1 is 0.417 bits per heavy atom. The summed E-state index contributed by atoms with van der Waals surface area (Å²) in [5.74, 6) is 1.86. The van der Waals surface area contributed by atoms with Crippen LogP contribution in [0.15, 0.2) is 133 Å². The van der Waals surface area contributed by atoms with Gasteiger partial charge < -0.3 is 4.74 Å². The number of imidazole rings is 2. The molecule has 7 heterocycles. The van der Waals surface area contributed by atoms with E-state index >= 15 is 0 Å². The first kappa shape index (κ1) is 23.0. The molecule has 1 spiro atoms. The molecule has 3 aliphatic rings. The summed E-state index contributed by atoms with van der Waals surface area (Å²) < 4.78 is 17.4. The maximum Gasteiger partial charge on any atom is 0.316 e. The summed E-state index contributed by atoms with van der Waals surface area (Å²) in [5.41, 5.74) is 11.5. The van der Waals surface area contributed by atoms with E-state index in [0.29, 0.717) is 0 Å². The van der Waals surface area contributed by atoms with Gasteiger partial charge in [-0.2, -0.15) is 17.9 Å². The van der Waals surface area contributed by atoms with Crippen LogP contribution in [0, 0.1) is 0 Å². The van der Waals surface area contributed by atoms with E-state index in [1.807, 2.05) is 0 Å². The largest absolute Gasteiger partial charge is 0.456 e. The molecule has 3 aliphatic heterocycles. The van der Waals surface area contributed by atoms with Gasteiger partial charge in [0.05, 0.1) is 10.8 Å². The number of aromatic nitrogens is 4. The number of pyridine rings is 2. The lowest BCUT2D eigenvalue weighted by molar-refractivity contribution is -0.923. The monoisotopic (exact) mass is 610 g/mol. The highest BCUT2D eigenvalue weighted by molar-refractivity contribution is 6.25. The van der Waals surface area contributed by atoms with Gasteiger partial charge in [-0.3, -0.25) is 0 Å². The Labute approximate surface area is 271 Å². The van der Waals surface area contributed by atoms with E-state index < -0.39 is 5.66 Å². The van der Waals surface area contributed by atoms with Gasteiger partial charge in [0.1, 0.15) is 33.7 Å². The topological polar surface area (TPSA) is 25.8 Å². The van der Waals surface area contributed by atoms with Crippen LogP contribution in [0.4, 0.5) is 0 Å². The number of para-hydroxylation sites is 5. The zero-order chi connectivity index (χ0) is 30.6. The van der Waals surface area contributed by atoms with Crippen LogP contribution in [-0.4, -0.2) is 8.80 Å². The highest BCUT2D eigenvalue weighted by Gasteiger charge is 2.67. The second-order valence-corrected chi connectivity index (χ2v) is 13.7. The van der Waals surface area contributed by atoms with Crippen LogP contribution in [0.2, 0.25) is 0 Å². The quantitative estimate of drug-likeness (QED) is 0.124. The summed E-state index contributed by atoms with van der Waals surface area (Å²) >= 11 is 0. The average Bonchev–Trinajstić information content (AvgIpc) is 3.86. The third-order valence-corrected chi connectivity index (χ3v) is 11.8. The molecule has 5 heteroatoms. The number of hydrogen-bond acceptors (Lipinski definition) is 1. The van der Waals surface area contributed by atoms with Gasteiger partial charge in [0, 0.05) is 21.5 Å². The fourth-order valence-electron chi connectivity index (χ4n) is 10.3. The maximum atomic E-state index is 7.04. The Bertz CT molecular complexity index is 3440. The summed E-state index contributed by atoms with van der Waals surface area (Å²) in [6.45, 7) is 0. The number of ether oxygens (including phenoxy) is 1. The molecule has 0 amide bonds. The van der Waals surface area contributed by atoms with E-state index in [0.717, 1.165) is 11.5 Å². The van der Waals surface area contributed by atoms with Gasteiger partial charge >= 0.3 is 17.0 Å². The zero-order valence-electron chi connectivity index (χ0n) is 25.4. The first-order valence-corrected chi connectivity index (χ1v) is 16.6. The Balaban J connectivity index is 1.37. The van der Waals surface area contributed by atoms with Crippen molar-refractivity contribution in [1.29, 1.82) is 0 Å². The normalized spacial score (nSPS) is 17.0. The lowest BCUT2D eigenvalue weighted by Crippen LogP contribution is -2.71. The fourth-order valence-corrected chi connectivity index (χ4v) is 10.3. The molecule has 48 heavy (non-hydrogen) atoms. The molecule has 218 valence electrons. The number of rotatable bonds is 0. The molecule has 0 fully saturated rings. The SMILES string of the molecule is c1ccc2c(c1)ccc1c2c2ccc3c4c2c2n1c1ccccc1[n+]2C41c2c(ccc4c5ccccc5n5c6ccccc6[n+]1c5c24)O3. The molecule has 0 saturated heterocycles. The lowest BCUT2D eigenvalue weighted by atomic mass is 9.84. The molecule has 0 aliphatic carbocycles. The van der Waals surface area contributed by atoms with Gasteiger partial charge in [-0.15, -0.1) is 0 Å². The molecule has 0 saturated carbocycles. The number of benzene rings is 7. The van der Waals surface area contributed by atoms with E-state index in [4.69, 9.17) is 4.74 Å². The Kier molecular flexibility index (Phi) is 3.39. The minimum atomic E-state index is -0.695. The molecule has 11 aromatic rings. The Hall–Kier alpha value is -6.46. The van der Waals surface area contributed by atoms with Crippen molar-refractivity contribution in [2.45, 2.75) is 5.66 Å². The molecular weight excluding hydrogens is 589 g/mol. The zero-order valence-corrected chi connectivity index (χ0v) is 25.4. The number of fused-ring (bicyclic) bond motifs is 14. The second-order valence-electron chi connectivity index (χ2n) is 13.7. The summed E-state index contributed by atoms with van der Waals surface area (Å²) in [7, 11) is 0. The first-order chi connectivity index (χ1) is 23.9. The second kappa shape index (κ2) is 7.09. The summed E-state index contributed by atoms with van der Waals surface area (Å²) in [4.78, 5) is 0. The van der Waals surface area contributed by atoms with Crippen molar-refractivity contribution in [3.8, 4) is 11.5 Å². The van der Waals surface area contributed by atoms with Crippen molar-refractivity contribution in [1.82, 2.24) is 8.80 Å². The van der Waals surface area contributed by atoms with Crippen molar-refractivity contribution >= 4 is 87.5 Å². The van der Waals surface area contributed by atoms with Crippen molar-refractivity contribution in [2.24, 2.45) is 0 Å². The molecule has 1 unspecified atom stereocenters. The predicted octanol–water partition coefficient (Wildman–Crippen LogP) is 8.87. The van der Waals surface area contributed by atoms with E-state index in [2.05, 4.69) is 151 Å². The standard InChI is InChI=1S/C43H22N4O/c1-2-10-24-23(9-1)17-20-33-36(24)27-19-22-35-40-38(27)42-45(33)30-14-6-8-16-32(30)47(42)43(40)39-34(48-35)21-18-26-25-11-3-4-12-28(25)44-29-13-5-7-15-31(29)46(43)41(44)37(26)39/h1-22H/q+2. The Morgan fingerprint density at radius 2 is 0.979 bits per heavy atom. The third-order valence-electron chi connectivity index (χ3n) is 11.8. The minimum Gasteiger partial charge on any atom is -0.456 e. The van der Waals surface area contributed by atoms with E-state index in [1.165, 1.54) is 98.6 Å². The number of hydrogen-bond donors (Lipinski definition) is 0. The van der Waals surface area contributed by atoms with Crippen LogP contribution in [-0.2, 0) is 5.66 Å². The van der Waals surface area contributed by atoms with Gasteiger partial charge in [0.15, 0.2) is 22.1 Å². The third kappa shape index (κ3) is 2.07. The van der Waals surface area contributed by atoms with Gasteiger partial charge in [-0.1, -0.05) is 72.8 Å². The van der Waals surface area contributed by atoms with E-state index in [9.17, 15) is 0 Å². The molecular formula is C43H22N4O+2. The van der Waals surface area contributed by atoms with Crippen LogP contribution in [0.5, 0.6) is 11.5 Å². The molecule has 0 N–H and O–H groups in total.